The van der Waals surface area contributed by atoms with Gasteiger partial charge in [-0.05, 0) is 43.0 Å². The predicted octanol–water partition coefficient (Wildman–Crippen LogP) is 4.84. The van der Waals surface area contributed by atoms with E-state index in [1.54, 1.807) is 43.7 Å². The van der Waals surface area contributed by atoms with Crippen molar-refractivity contribution in [3.63, 3.8) is 0 Å². The van der Waals surface area contributed by atoms with Gasteiger partial charge in [0.15, 0.2) is 11.5 Å². The van der Waals surface area contributed by atoms with Crippen LogP contribution in [0.15, 0.2) is 49.3 Å². The van der Waals surface area contributed by atoms with Crippen molar-refractivity contribution < 1.29 is 19.4 Å². The molecule has 0 atom stereocenters. The zero-order chi connectivity index (χ0) is 24.4. The molecular formula is C25H23N5O4S. The van der Waals surface area contributed by atoms with E-state index in [1.165, 1.54) is 17.7 Å². The van der Waals surface area contributed by atoms with Gasteiger partial charge in [-0.15, -0.1) is 11.3 Å². The van der Waals surface area contributed by atoms with Crippen molar-refractivity contribution in [3.05, 3.63) is 60.6 Å². The maximum Gasteiger partial charge on any atom is 0.338 e. The number of thiophene rings is 1. The molecule has 1 N–H and O–H groups in total. The highest BCUT2D eigenvalue weighted by atomic mass is 32.1. The van der Waals surface area contributed by atoms with Crippen molar-refractivity contribution in [3.8, 4) is 22.6 Å². The van der Waals surface area contributed by atoms with Crippen LogP contribution in [-0.2, 0) is 13.0 Å². The number of aromatic nitrogens is 5. The predicted molar refractivity (Wildman–Crippen MR) is 133 cm³/mol. The molecule has 35 heavy (non-hydrogen) atoms. The highest BCUT2D eigenvalue weighted by molar-refractivity contribution is 7.25. The van der Waals surface area contributed by atoms with Crippen LogP contribution < -0.4 is 9.47 Å². The van der Waals surface area contributed by atoms with Gasteiger partial charge in [0.25, 0.3) is 0 Å². The number of aromatic carboxylic acids is 1. The molecule has 0 aliphatic carbocycles. The van der Waals surface area contributed by atoms with Gasteiger partial charge in [-0.1, -0.05) is 6.07 Å². The molecule has 0 fully saturated rings. The molecule has 10 heteroatoms. The second kappa shape index (κ2) is 9.67. The zero-order valence-electron chi connectivity index (χ0n) is 19.3. The Morgan fingerprint density at radius 1 is 1.11 bits per heavy atom. The zero-order valence-corrected chi connectivity index (χ0v) is 20.1. The van der Waals surface area contributed by atoms with Crippen LogP contribution >= 0.6 is 11.3 Å². The molecule has 0 spiro atoms. The molecule has 0 bridgehead atoms. The fourth-order valence-corrected chi connectivity index (χ4v) is 5.38. The number of nitrogens with zero attached hydrogens (tertiary/aromatic N) is 5. The van der Waals surface area contributed by atoms with Gasteiger partial charge >= 0.3 is 5.97 Å². The van der Waals surface area contributed by atoms with Gasteiger partial charge in [0, 0.05) is 35.3 Å². The van der Waals surface area contributed by atoms with E-state index in [0.717, 1.165) is 38.7 Å². The molecule has 5 aromatic rings. The molecule has 4 heterocycles. The van der Waals surface area contributed by atoms with Crippen LogP contribution in [0.5, 0.6) is 11.5 Å². The molecule has 4 aromatic heterocycles. The van der Waals surface area contributed by atoms with Crippen LogP contribution in [0.4, 0.5) is 0 Å². The summed E-state index contributed by atoms with van der Waals surface area (Å²) in [5, 5.41) is 16.2. The number of carbonyl (C=O) groups is 1. The first-order valence-electron chi connectivity index (χ1n) is 11.1. The summed E-state index contributed by atoms with van der Waals surface area (Å²) in [6.07, 6.45) is 8.79. The van der Waals surface area contributed by atoms with Crippen LogP contribution in [0.3, 0.4) is 0 Å². The maximum absolute atomic E-state index is 12.7. The SMILES string of the molecule is COc1ccc(-c2c(C(=O)O)c(CCCCn3cncn3)nc3sc4cnccc4c23)cc1OC. The molecular weight excluding hydrogens is 466 g/mol. The van der Waals surface area contributed by atoms with Crippen molar-refractivity contribution in [2.24, 2.45) is 0 Å². The fraction of sp³-hybridized carbons (Fsp3) is 0.240. The van der Waals surface area contributed by atoms with Gasteiger partial charge in [0.05, 0.1) is 30.2 Å². The average Bonchev–Trinajstić information content (AvgIpc) is 3.52. The number of methoxy groups -OCH3 is 2. The lowest BCUT2D eigenvalue weighted by atomic mass is 9.93. The van der Waals surface area contributed by atoms with Crippen LogP contribution in [0, 0.1) is 0 Å². The van der Waals surface area contributed by atoms with Crippen LogP contribution in [0.2, 0.25) is 0 Å². The molecule has 0 aliphatic rings. The molecule has 178 valence electrons. The number of hydrogen-bond acceptors (Lipinski definition) is 8. The van der Waals surface area contributed by atoms with Gasteiger partial charge in [-0.2, -0.15) is 5.10 Å². The van der Waals surface area contributed by atoms with E-state index in [4.69, 9.17) is 14.5 Å². The molecule has 1 aromatic carbocycles. The Morgan fingerprint density at radius 2 is 1.97 bits per heavy atom. The lowest BCUT2D eigenvalue weighted by Crippen LogP contribution is -2.09. The minimum absolute atomic E-state index is 0.210. The first kappa shape index (κ1) is 22.7. The highest BCUT2D eigenvalue weighted by Crippen LogP contribution is 2.43. The van der Waals surface area contributed by atoms with E-state index in [0.29, 0.717) is 35.7 Å². The van der Waals surface area contributed by atoms with Crippen molar-refractivity contribution in [1.29, 1.82) is 0 Å². The van der Waals surface area contributed by atoms with E-state index >= 15 is 0 Å². The maximum atomic E-state index is 12.7. The van der Waals surface area contributed by atoms with Gasteiger partial charge in [-0.3, -0.25) is 9.67 Å². The largest absolute Gasteiger partial charge is 0.493 e. The van der Waals surface area contributed by atoms with E-state index in [2.05, 4.69) is 15.1 Å². The van der Waals surface area contributed by atoms with Gasteiger partial charge in [0.1, 0.15) is 17.5 Å². The lowest BCUT2D eigenvalue weighted by Gasteiger charge is -2.15. The molecule has 0 saturated heterocycles. The van der Waals surface area contributed by atoms with Crippen LogP contribution in [-0.4, -0.2) is 50.0 Å². The van der Waals surface area contributed by atoms with Crippen molar-refractivity contribution in [2.75, 3.05) is 14.2 Å². The number of carboxylic acids is 1. The number of ether oxygens (including phenoxy) is 2. The summed E-state index contributed by atoms with van der Waals surface area (Å²) in [6, 6.07) is 7.38. The minimum atomic E-state index is -1.01. The number of fused-ring (bicyclic) bond motifs is 3. The molecule has 9 nitrogen and oxygen atoms in total. The van der Waals surface area contributed by atoms with Gasteiger partial charge in [-0.25, -0.2) is 14.8 Å². The molecule has 0 unspecified atom stereocenters. The van der Waals surface area contributed by atoms with Gasteiger partial charge < -0.3 is 14.6 Å². The number of benzene rings is 1. The summed E-state index contributed by atoms with van der Waals surface area (Å²) in [6.45, 7) is 0.710. The number of carboxylic acid groups (broad SMARTS) is 1. The summed E-state index contributed by atoms with van der Waals surface area (Å²) in [4.78, 5) is 26.5. The Labute approximate surface area is 205 Å². The number of hydrogen-bond donors (Lipinski definition) is 1. The standard InChI is InChI=1S/C25H23N5O4S/c1-33-18-7-6-15(11-19(18)34-2)21-22-16-8-9-26-12-20(16)35-24(22)29-17(23(21)25(31)32)5-3-4-10-30-14-27-13-28-30/h6-9,11-14H,3-5,10H2,1-2H3,(H,31,32). The van der Waals surface area contributed by atoms with E-state index < -0.39 is 5.97 Å². The van der Waals surface area contributed by atoms with Crippen LogP contribution in [0.25, 0.3) is 31.4 Å². The highest BCUT2D eigenvalue weighted by Gasteiger charge is 2.25. The summed E-state index contributed by atoms with van der Waals surface area (Å²) >= 11 is 1.52. The quantitative estimate of drug-likeness (QED) is 0.293. The second-order valence-electron chi connectivity index (χ2n) is 7.95. The number of unbranched alkanes of at least 4 members (excludes halogenated alkanes) is 1. The van der Waals surface area contributed by atoms with E-state index in [1.807, 2.05) is 18.2 Å². The molecule has 0 radical (unpaired) electrons. The summed E-state index contributed by atoms with van der Waals surface area (Å²) in [5.41, 5.74) is 2.13. The van der Waals surface area contributed by atoms with E-state index in [-0.39, 0.29) is 5.56 Å². The Hall–Kier alpha value is -4.05. The summed E-state index contributed by atoms with van der Waals surface area (Å²) in [5.74, 6) is 0.0943. The average molecular weight is 490 g/mol. The molecule has 5 rings (SSSR count). The Balaban J connectivity index is 1.67. The monoisotopic (exact) mass is 489 g/mol. The molecule has 0 amide bonds. The number of pyridine rings is 2. The fourth-order valence-electron chi connectivity index (χ4n) is 4.31. The number of aryl methyl sites for hydroxylation is 2. The first-order chi connectivity index (χ1) is 17.1. The number of rotatable bonds is 9. The van der Waals surface area contributed by atoms with Gasteiger partial charge in [0.2, 0.25) is 0 Å². The molecule has 0 aliphatic heterocycles. The van der Waals surface area contributed by atoms with Crippen molar-refractivity contribution in [2.45, 2.75) is 25.8 Å². The third kappa shape index (κ3) is 4.28. The normalized spacial score (nSPS) is 11.3. The van der Waals surface area contributed by atoms with E-state index in [9.17, 15) is 9.90 Å². The van der Waals surface area contributed by atoms with Crippen LogP contribution in [0.1, 0.15) is 28.9 Å². The molecule has 0 saturated carbocycles. The lowest BCUT2D eigenvalue weighted by molar-refractivity contribution is 0.0696. The minimum Gasteiger partial charge on any atom is -0.493 e. The van der Waals surface area contributed by atoms with Crippen molar-refractivity contribution >= 4 is 37.6 Å². The second-order valence-corrected chi connectivity index (χ2v) is 8.98. The smallest absolute Gasteiger partial charge is 0.338 e. The topological polar surface area (TPSA) is 112 Å². The van der Waals surface area contributed by atoms with Crippen molar-refractivity contribution in [1.82, 2.24) is 24.7 Å². The third-order valence-corrected chi connectivity index (χ3v) is 6.94. The Bertz CT molecular complexity index is 1510. The Kier molecular flexibility index (Phi) is 6.28. The third-order valence-electron chi connectivity index (χ3n) is 5.90. The first-order valence-corrected chi connectivity index (χ1v) is 11.9. The Morgan fingerprint density at radius 3 is 2.71 bits per heavy atom. The summed E-state index contributed by atoms with van der Waals surface area (Å²) < 4.78 is 13.6. The summed E-state index contributed by atoms with van der Waals surface area (Å²) in [7, 11) is 3.13.